The Morgan fingerprint density at radius 2 is 1.74 bits per heavy atom. The van der Waals surface area contributed by atoms with Crippen LogP contribution in [0.15, 0.2) is 54.7 Å². The minimum atomic E-state index is -0.145. The molecule has 5 heteroatoms. The molecular formula is C18H21N3O2. The number of carbonyl (C=O) groups excluding carboxylic acids is 2. The van der Waals surface area contributed by atoms with Gasteiger partial charge in [-0.3, -0.25) is 14.6 Å². The van der Waals surface area contributed by atoms with Gasteiger partial charge in [0.1, 0.15) is 6.54 Å². The number of hydrogen-bond donors (Lipinski definition) is 0. The molecule has 0 spiro atoms. The summed E-state index contributed by atoms with van der Waals surface area (Å²) in [4.78, 5) is 31.8. The fourth-order valence-electron chi connectivity index (χ4n) is 2.33. The lowest BCUT2D eigenvalue weighted by Crippen LogP contribution is -2.42. The highest BCUT2D eigenvalue weighted by atomic mass is 16.2. The standard InChI is InChI=1S/C18H21N3O2/c1-3-21(17-10-5-4-6-11-17)18(23)14-20(15(2)22)13-16-9-7-8-12-19-16/h4-12H,3,13-14H2,1-2H3. The molecule has 0 saturated heterocycles. The lowest BCUT2D eigenvalue weighted by atomic mass is 10.2. The number of amides is 2. The van der Waals surface area contributed by atoms with Crippen LogP contribution >= 0.6 is 0 Å². The Hall–Kier alpha value is -2.69. The van der Waals surface area contributed by atoms with Crippen LogP contribution in [0.4, 0.5) is 5.69 Å². The van der Waals surface area contributed by atoms with Crippen molar-refractivity contribution < 1.29 is 9.59 Å². The zero-order valence-electron chi connectivity index (χ0n) is 13.5. The Labute approximate surface area is 136 Å². The molecule has 0 aliphatic carbocycles. The van der Waals surface area contributed by atoms with Crippen molar-refractivity contribution in [3.8, 4) is 0 Å². The first kappa shape index (κ1) is 16.7. The number of anilines is 1. The second-order valence-electron chi connectivity index (χ2n) is 5.17. The van der Waals surface area contributed by atoms with E-state index in [4.69, 9.17) is 0 Å². The van der Waals surface area contributed by atoms with E-state index in [9.17, 15) is 9.59 Å². The van der Waals surface area contributed by atoms with Gasteiger partial charge in [0.2, 0.25) is 11.8 Å². The molecule has 0 radical (unpaired) electrons. The Bertz CT molecular complexity index is 644. The third-order valence-corrected chi connectivity index (χ3v) is 3.54. The van der Waals surface area contributed by atoms with Crippen LogP contribution in [-0.2, 0) is 16.1 Å². The van der Waals surface area contributed by atoms with Gasteiger partial charge in [-0.1, -0.05) is 24.3 Å². The van der Waals surface area contributed by atoms with E-state index >= 15 is 0 Å². The van der Waals surface area contributed by atoms with Gasteiger partial charge in [0.25, 0.3) is 0 Å². The Morgan fingerprint density at radius 3 is 2.30 bits per heavy atom. The zero-order valence-corrected chi connectivity index (χ0v) is 13.5. The molecule has 0 saturated carbocycles. The highest BCUT2D eigenvalue weighted by molar-refractivity contribution is 5.96. The first-order chi connectivity index (χ1) is 11.1. The van der Waals surface area contributed by atoms with E-state index < -0.39 is 0 Å². The second kappa shape index (κ2) is 8.08. The maximum absolute atomic E-state index is 12.6. The van der Waals surface area contributed by atoms with Crippen LogP contribution in [0.25, 0.3) is 0 Å². The fraction of sp³-hybridized carbons (Fsp3) is 0.278. The topological polar surface area (TPSA) is 53.5 Å². The minimum Gasteiger partial charge on any atom is -0.328 e. The zero-order chi connectivity index (χ0) is 16.7. The Balaban J connectivity index is 2.09. The minimum absolute atomic E-state index is 0.0364. The molecule has 0 aliphatic rings. The highest BCUT2D eigenvalue weighted by Crippen LogP contribution is 2.14. The fourth-order valence-corrected chi connectivity index (χ4v) is 2.33. The predicted octanol–water partition coefficient (Wildman–Crippen LogP) is 2.48. The van der Waals surface area contributed by atoms with E-state index in [1.165, 1.54) is 11.8 Å². The van der Waals surface area contributed by atoms with Crippen LogP contribution < -0.4 is 4.90 Å². The number of hydrogen-bond acceptors (Lipinski definition) is 3. The highest BCUT2D eigenvalue weighted by Gasteiger charge is 2.19. The predicted molar refractivity (Wildman–Crippen MR) is 89.8 cm³/mol. The van der Waals surface area contributed by atoms with Gasteiger partial charge in [-0.15, -0.1) is 0 Å². The van der Waals surface area contributed by atoms with Gasteiger partial charge in [-0.05, 0) is 31.2 Å². The van der Waals surface area contributed by atoms with Crippen molar-refractivity contribution in [2.24, 2.45) is 0 Å². The third-order valence-electron chi connectivity index (χ3n) is 3.54. The Kier molecular flexibility index (Phi) is 5.86. The van der Waals surface area contributed by atoms with Crippen LogP contribution in [0, 0.1) is 0 Å². The van der Waals surface area contributed by atoms with Crippen LogP contribution in [0.1, 0.15) is 19.5 Å². The molecule has 2 aromatic rings. The first-order valence-corrected chi connectivity index (χ1v) is 7.62. The number of para-hydroxylation sites is 1. The summed E-state index contributed by atoms with van der Waals surface area (Å²) in [7, 11) is 0. The van der Waals surface area contributed by atoms with Gasteiger partial charge in [-0.25, -0.2) is 0 Å². The molecule has 5 nitrogen and oxygen atoms in total. The number of pyridine rings is 1. The summed E-state index contributed by atoms with van der Waals surface area (Å²) in [6.07, 6.45) is 1.68. The largest absolute Gasteiger partial charge is 0.328 e. The van der Waals surface area contributed by atoms with Crippen molar-refractivity contribution in [1.82, 2.24) is 9.88 Å². The summed E-state index contributed by atoms with van der Waals surface area (Å²) in [5.74, 6) is -0.252. The summed E-state index contributed by atoms with van der Waals surface area (Å²) in [6.45, 7) is 4.30. The maximum Gasteiger partial charge on any atom is 0.246 e. The average molecular weight is 311 g/mol. The monoisotopic (exact) mass is 311 g/mol. The molecule has 2 rings (SSSR count). The number of likely N-dealkylation sites (N-methyl/N-ethyl adjacent to an activating group) is 1. The van der Waals surface area contributed by atoms with Gasteiger partial charge >= 0.3 is 0 Å². The second-order valence-corrected chi connectivity index (χ2v) is 5.17. The van der Waals surface area contributed by atoms with Crippen molar-refractivity contribution in [2.75, 3.05) is 18.0 Å². The van der Waals surface area contributed by atoms with Gasteiger partial charge in [0.15, 0.2) is 0 Å². The summed E-state index contributed by atoms with van der Waals surface area (Å²) in [5, 5.41) is 0. The number of aromatic nitrogens is 1. The van der Waals surface area contributed by atoms with Crippen LogP contribution in [0.5, 0.6) is 0 Å². The SMILES string of the molecule is CCN(C(=O)CN(Cc1ccccn1)C(C)=O)c1ccccc1. The van der Waals surface area contributed by atoms with Crippen LogP contribution in [0.2, 0.25) is 0 Å². The normalized spacial score (nSPS) is 10.2. The molecule has 0 unspecified atom stereocenters. The molecular weight excluding hydrogens is 290 g/mol. The lowest BCUT2D eigenvalue weighted by Gasteiger charge is -2.26. The summed E-state index contributed by atoms with van der Waals surface area (Å²) in [6, 6.07) is 15.0. The smallest absolute Gasteiger partial charge is 0.246 e. The molecule has 120 valence electrons. The number of rotatable bonds is 6. The van der Waals surface area contributed by atoms with Crippen molar-refractivity contribution in [3.05, 3.63) is 60.4 Å². The molecule has 1 aromatic heterocycles. The molecule has 1 aromatic carbocycles. The molecule has 0 atom stereocenters. The van der Waals surface area contributed by atoms with Crippen molar-refractivity contribution >= 4 is 17.5 Å². The summed E-state index contributed by atoms with van der Waals surface area (Å²) >= 11 is 0. The van der Waals surface area contributed by atoms with Gasteiger partial charge < -0.3 is 9.80 Å². The van der Waals surface area contributed by atoms with Gasteiger partial charge in [0.05, 0.1) is 12.2 Å². The summed E-state index contributed by atoms with van der Waals surface area (Å²) in [5.41, 5.74) is 1.60. The average Bonchev–Trinajstić information content (AvgIpc) is 2.57. The van der Waals surface area contributed by atoms with E-state index in [0.29, 0.717) is 13.1 Å². The molecule has 0 aliphatic heterocycles. The van der Waals surface area contributed by atoms with E-state index in [-0.39, 0.29) is 18.4 Å². The molecule has 0 N–H and O–H groups in total. The van der Waals surface area contributed by atoms with E-state index in [1.807, 2.05) is 55.5 Å². The van der Waals surface area contributed by atoms with E-state index in [0.717, 1.165) is 11.4 Å². The molecule has 1 heterocycles. The van der Waals surface area contributed by atoms with E-state index in [2.05, 4.69) is 4.98 Å². The van der Waals surface area contributed by atoms with Gasteiger partial charge in [-0.2, -0.15) is 0 Å². The first-order valence-electron chi connectivity index (χ1n) is 7.62. The van der Waals surface area contributed by atoms with Crippen molar-refractivity contribution in [1.29, 1.82) is 0 Å². The number of benzene rings is 1. The summed E-state index contributed by atoms with van der Waals surface area (Å²) < 4.78 is 0. The van der Waals surface area contributed by atoms with Crippen molar-refractivity contribution in [2.45, 2.75) is 20.4 Å². The lowest BCUT2D eigenvalue weighted by molar-refractivity contribution is -0.134. The van der Waals surface area contributed by atoms with Gasteiger partial charge in [0, 0.05) is 25.4 Å². The number of nitrogens with zero attached hydrogens (tertiary/aromatic N) is 3. The molecule has 0 bridgehead atoms. The Morgan fingerprint density at radius 1 is 1.04 bits per heavy atom. The molecule has 2 amide bonds. The van der Waals surface area contributed by atoms with Crippen LogP contribution in [0.3, 0.4) is 0 Å². The third kappa shape index (κ3) is 4.64. The van der Waals surface area contributed by atoms with E-state index in [1.54, 1.807) is 11.1 Å². The molecule has 0 fully saturated rings. The van der Waals surface area contributed by atoms with Crippen LogP contribution in [-0.4, -0.2) is 34.8 Å². The molecule has 23 heavy (non-hydrogen) atoms. The van der Waals surface area contributed by atoms with Crippen molar-refractivity contribution in [3.63, 3.8) is 0 Å². The quantitative estimate of drug-likeness (QED) is 0.823. The maximum atomic E-state index is 12.6. The number of carbonyl (C=O) groups is 2.